The lowest BCUT2D eigenvalue weighted by Crippen LogP contribution is -2.50. The molecule has 1 aromatic carbocycles. The van der Waals surface area contributed by atoms with E-state index in [-0.39, 0.29) is 17.8 Å². The van der Waals surface area contributed by atoms with Crippen molar-refractivity contribution in [3.8, 4) is 0 Å². The summed E-state index contributed by atoms with van der Waals surface area (Å²) >= 11 is 6.03. The maximum atomic E-state index is 12.8. The van der Waals surface area contributed by atoms with Gasteiger partial charge in [-0.15, -0.1) is 0 Å². The van der Waals surface area contributed by atoms with Crippen LogP contribution in [0.1, 0.15) is 43.0 Å². The molecular weight excluding hydrogens is 352 g/mol. The Morgan fingerprint density at radius 2 is 1.96 bits per heavy atom. The number of likely N-dealkylation sites (tertiary alicyclic amines) is 2. The first-order valence-electron chi connectivity index (χ1n) is 9.54. The molecule has 0 saturated carbocycles. The molecule has 2 saturated heterocycles. The molecular formula is C20H27ClN2O3. The summed E-state index contributed by atoms with van der Waals surface area (Å²) in [4.78, 5) is 28.9. The lowest BCUT2D eigenvalue weighted by Gasteiger charge is -2.41. The Morgan fingerprint density at radius 3 is 2.65 bits per heavy atom. The molecule has 0 unspecified atom stereocenters. The molecule has 0 N–H and O–H groups in total. The van der Waals surface area contributed by atoms with Crippen molar-refractivity contribution in [2.24, 2.45) is 5.92 Å². The van der Waals surface area contributed by atoms with Crippen LogP contribution in [0.15, 0.2) is 24.3 Å². The molecule has 0 radical (unpaired) electrons. The van der Waals surface area contributed by atoms with Gasteiger partial charge in [0.15, 0.2) is 5.78 Å². The number of carbonyl (C=O) groups is 2. The predicted molar refractivity (Wildman–Crippen MR) is 102 cm³/mol. The summed E-state index contributed by atoms with van der Waals surface area (Å²) in [7, 11) is 0. The minimum absolute atomic E-state index is 0.0327. The van der Waals surface area contributed by atoms with Gasteiger partial charge >= 0.3 is 6.09 Å². The average molecular weight is 379 g/mol. The van der Waals surface area contributed by atoms with E-state index in [1.807, 2.05) is 19.1 Å². The van der Waals surface area contributed by atoms with Crippen LogP contribution in [0.5, 0.6) is 0 Å². The van der Waals surface area contributed by atoms with E-state index < -0.39 is 0 Å². The van der Waals surface area contributed by atoms with E-state index in [2.05, 4.69) is 4.90 Å². The Balaban J connectivity index is 1.56. The molecule has 3 rings (SSSR count). The highest BCUT2D eigenvalue weighted by molar-refractivity contribution is 6.31. The second-order valence-corrected chi connectivity index (χ2v) is 7.56. The van der Waals surface area contributed by atoms with Gasteiger partial charge in [0.25, 0.3) is 0 Å². The third-order valence-electron chi connectivity index (χ3n) is 5.44. The third kappa shape index (κ3) is 4.57. The zero-order chi connectivity index (χ0) is 18.5. The Hall–Kier alpha value is -1.59. The number of amides is 1. The van der Waals surface area contributed by atoms with Gasteiger partial charge in [-0.2, -0.15) is 0 Å². The molecule has 6 heteroatoms. The van der Waals surface area contributed by atoms with E-state index in [0.29, 0.717) is 23.2 Å². The Morgan fingerprint density at radius 1 is 1.19 bits per heavy atom. The van der Waals surface area contributed by atoms with Crippen molar-refractivity contribution in [1.82, 2.24) is 9.80 Å². The number of hydrogen-bond acceptors (Lipinski definition) is 4. The average Bonchev–Trinajstić information content (AvgIpc) is 2.68. The van der Waals surface area contributed by atoms with Gasteiger partial charge in [0.2, 0.25) is 0 Å². The fourth-order valence-electron chi connectivity index (χ4n) is 4.06. The summed E-state index contributed by atoms with van der Waals surface area (Å²) in [6.07, 6.45) is 3.64. The molecule has 0 aromatic heterocycles. The first-order valence-corrected chi connectivity index (χ1v) is 9.91. The number of piperidine rings is 2. The number of halogens is 1. The molecule has 2 aliphatic rings. The molecule has 1 aromatic rings. The highest BCUT2D eigenvalue weighted by Crippen LogP contribution is 2.27. The fraction of sp³-hybridized carbons (Fsp3) is 0.600. The number of benzene rings is 1. The quantitative estimate of drug-likeness (QED) is 0.746. The number of ether oxygens (including phenoxy) is 1. The number of hydrogen-bond donors (Lipinski definition) is 0. The number of nitrogens with zero attached hydrogens (tertiary/aromatic N) is 2. The van der Waals surface area contributed by atoms with E-state index in [9.17, 15) is 9.59 Å². The van der Waals surface area contributed by atoms with E-state index in [1.54, 1.807) is 17.0 Å². The van der Waals surface area contributed by atoms with Crippen molar-refractivity contribution in [1.29, 1.82) is 0 Å². The number of Topliss-reactive ketones (excluding diaryl/α,β-unsaturated/α-hetero) is 1. The van der Waals surface area contributed by atoms with Crippen LogP contribution in [0.4, 0.5) is 4.79 Å². The normalized spacial score (nSPS) is 22.2. The molecule has 2 heterocycles. The van der Waals surface area contributed by atoms with E-state index in [1.165, 1.54) is 0 Å². The van der Waals surface area contributed by atoms with Crippen molar-refractivity contribution in [3.05, 3.63) is 34.9 Å². The van der Waals surface area contributed by atoms with Crippen molar-refractivity contribution in [2.45, 2.75) is 38.6 Å². The summed E-state index contributed by atoms with van der Waals surface area (Å²) in [5, 5.41) is 0.606. The van der Waals surface area contributed by atoms with Gasteiger partial charge in [-0.25, -0.2) is 4.79 Å². The smallest absolute Gasteiger partial charge is 0.409 e. The fourth-order valence-corrected chi connectivity index (χ4v) is 4.25. The van der Waals surface area contributed by atoms with Crippen LogP contribution in [-0.2, 0) is 4.74 Å². The summed E-state index contributed by atoms with van der Waals surface area (Å²) < 4.78 is 5.09. The standard InChI is InChI=1S/C20H27ClN2O3/c1-2-26-20(25)22-11-8-18(9-12-22)23-10-4-6-16(14-23)19(24)15-5-3-7-17(21)13-15/h3,5,7,13,16,18H,2,4,6,8-12,14H2,1H3/t16-/m0/s1. The summed E-state index contributed by atoms with van der Waals surface area (Å²) in [5.74, 6) is 0.228. The largest absolute Gasteiger partial charge is 0.450 e. The van der Waals surface area contributed by atoms with Crippen LogP contribution in [0.25, 0.3) is 0 Å². The van der Waals surface area contributed by atoms with Crippen molar-refractivity contribution < 1.29 is 14.3 Å². The first kappa shape index (κ1) is 19.2. The number of rotatable bonds is 4. The molecule has 26 heavy (non-hydrogen) atoms. The molecule has 0 spiro atoms. The van der Waals surface area contributed by atoms with E-state index in [0.717, 1.165) is 51.9 Å². The Labute approximate surface area is 160 Å². The maximum Gasteiger partial charge on any atom is 0.409 e. The second-order valence-electron chi connectivity index (χ2n) is 7.13. The lowest BCUT2D eigenvalue weighted by molar-refractivity contribution is 0.0532. The Bertz CT molecular complexity index is 644. The number of carbonyl (C=O) groups excluding carboxylic acids is 2. The lowest BCUT2D eigenvalue weighted by atomic mass is 9.88. The van der Waals surface area contributed by atoms with Gasteiger partial charge in [0.05, 0.1) is 6.61 Å². The Kier molecular flexibility index (Phi) is 6.54. The van der Waals surface area contributed by atoms with Crippen LogP contribution in [0.2, 0.25) is 5.02 Å². The zero-order valence-electron chi connectivity index (χ0n) is 15.3. The molecule has 142 valence electrons. The minimum Gasteiger partial charge on any atom is -0.450 e. The summed E-state index contributed by atoms with van der Waals surface area (Å²) in [5.41, 5.74) is 0.710. The highest BCUT2D eigenvalue weighted by atomic mass is 35.5. The van der Waals surface area contributed by atoms with Gasteiger partial charge in [0, 0.05) is 42.2 Å². The molecule has 5 nitrogen and oxygen atoms in total. The van der Waals surface area contributed by atoms with Crippen LogP contribution < -0.4 is 0 Å². The molecule has 1 atom stereocenters. The van der Waals surface area contributed by atoms with Gasteiger partial charge in [-0.1, -0.05) is 23.7 Å². The monoisotopic (exact) mass is 378 g/mol. The maximum absolute atomic E-state index is 12.8. The van der Waals surface area contributed by atoms with Crippen LogP contribution in [0.3, 0.4) is 0 Å². The predicted octanol–water partition coefficient (Wildman–Crippen LogP) is 3.86. The van der Waals surface area contributed by atoms with Crippen molar-refractivity contribution >= 4 is 23.5 Å². The number of ketones is 1. The van der Waals surface area contributed by atoms with Gasteiger partial charge in [-0.05, 0) is 51.3 Å². The summed E-state index contributed by atoms with van der Waals surface area (Å²) in [6.45, 7) is 5.53. The van der Waals surface area contributed by atoms with Crippen molar-refractivity contribution in [2.75, 3.05) is 32.8 Å². The van der Waals surface area contributed by atoms with Crippen molar-refractivity contribution in [3.63, 3.8) is 0 Å². The zero-order valence-corrected chi connectivity index (χ0v) is 16.1. The van der Waals surface area contributed by atoms with E-state index in [4.69, 9.17) is 16.3 Å². The molecule has 0 aliphatic carbocycles. The minimum atomic E-state index is -0.210. The van der Waals surface area contributed by atoms with E-state index >= 15 is 0 Å². The summed E-state index contributed by atoms with van der Waals surface area (Å²) in [6, 6.07) is 7.69. The second kappa shape index (κ2) is 8.87. The molecule has 2 fully saturated rings. The first-order chi connectivity index (χ1) is 12.6. The SMILES string of the molecule is CCOC(=O)N1CCC(N2CCC[C@H](C(=O)c3cccc(Cl)c3)C2)CC1. The van der Waals surface area contributed by atoms with Crippen LogP contribution >= 0.6 is 11.6 Å². The third-order valence-corrected chi connectivity index (χ3v) is 5.67. The molecule has 2 aliphatic heterocycles. The highest BCUT2D eigenvalue weighted by Gasteiger charge is 2.33. The molecule has 1 amide bonds. The van der Waals surface area contributed by atoms with Gasteiger partial charge < -0.3 is 9.64 Å². The van der Waals surface area contributed by atoms with Gasteiger partial charge in [-0.3, -0.25) is 9.69 Å². The molecule has 0 bridgehead atoms. The van der Waals surface area contributed by atoms with Crippen LogP contribution in [-0.4, -0.2) is 60.5 Å². The van der Waals surface area contributed by atoms with Gasteiger partial charge in [0.1, 0.15) is 0 Å². The topological polar surface area (TPSA) is 49.9 Å². The van der Waals surface area contributed by atoms with Crippen LogP contribution in [0, 0.1) is 5.92 Å².